The predicted octanol–water partition coefficient (Wildman–Crippen LogP) is 3.24. The van der Waals surface area contributed by atoms with E-state index in [-0.39, 0.29) is 11.0 Å². The molecule has 1 aromatic heterocycles. The van der Waals surface area contributed by atoms with Gasteiger partial charge in [0.1, 0.15) is 0 Å². The number of nitrogens with zero attached hydrogens (tertiary/aromatic N) is 2. The quantitative estimate of drug-likeness (QED) is 0.865. The molecule has 1 N–H and O–H groups in total. The standard InChI is InChI=1S/C17H31N3/c1-14-9-8-10-15(19-14)11-20(7)13-17(5,6)12-18-16(2,3)4/h8-10,18H,11-13H2,1-7H3. The number of nitrogens with one attached hydrogen (secondary N) is 1. The van der Waals surface area contributed by atoms with E-state index < -0.39 is 0 Å². The van der Waals surface area contributed by atoms with Gasteiger partial charge in [0.2, 0.25) is 0 Å². The Kier molecular flexibility index (Phi) is 5.72. The van der Waals surface area contributed by atoms with E-state index in [9.17, 15) is 0 Å². The molecular weight excluding hydrogens is 246 g/mol. The van der Waals surface area contributed by atoms with Crippen molar-refractivity contribution in [1.29, 1.82) is 0 Å². The van der Waals surface area contributed by atoms with Crippen LogP contribution in [0.2, 0.25) is 0 Å². The number of aromatic nitrogens is 1. The number of aryl methyl sites for hydroxylation is 1. The fourth-order valence-electron chi connectivity index (χ4n) is 2.31. The molecule has 0 saturated carbocycles. The summed E-state index contributed by atoms with van der Waals surface area (Å²) in [7, 11) is 2.17. The van der Waals surface area contributed by atoms with E-state index in [0.29, 0.717) is 0 Å². The molecule has 0 unspecified atom stereocenters. The summed E-state index contributed by atoms with van der Waals surface area (Å²) < 4.78 is 0. The highest BCUT2D eigenvalue weighted by Crippen LogP contribution is 2.17. The molecule has 0 spiro atoms. The van der Waals surface area contributed by atoms with Crippen LogP contribution in [0.4, 0.5) is 0 Å². The summed E-state index contributed by atoms with van der Waals surface area (Å²) in [5.74, 6) is 0. The molecule has 1 rings (SSSR count). The van der Waals surface area contributed by atoms with E-state index in [1.807, 2.05) is 13.0 Å². The van der Waals surface area contributed by atoms with Crippen LogP contribution in [0, 0.1) is 12.3 Å². The molecule has 0 aliphatic rings. The lowest BCUT2D eigenvalue weighted by Crippen LogP contribution is -2.45. The van der Waals surface area contributed by atoms with Crippen molar-refractivity contribution in [2.45, 2.75) is 53.6 Å². The number of pyridine rings is 1. The summed E-state index contributed by atoms with van der Waals surface area (Å²) in [4.78, 5) is 6.92. The van der Waals surface area contributed by atoms with Gasteiger partial charge in [-0.05, 0) is 52.3 Å². The molecule has 0 atom stereocenters. The van der Waals surface area contributed by atoms with E-state index in [1.54, 1.807) is 0 Å². The molecular formula is C17H31N3. The van der Waals surface area contributed by atoms with E-state index in [2.05, 4.69) is 69.0 Å². The highest BCUT2D eigenvalue weighted by molar-refractivity contribution is 5.09. The third-order valence-electron chi connectivity index (χ3n) is 3.17. The summed E-state index contributed by atoms with van der Waals surface area (Å²) in [6.45, 7) is 16.3. The average Bonchev–Trinajstić information content (AvgIpc) is 2.24. The fraction of sp³-hybridized carbons (Fsp3) is 0.706. The minimum atomic E-state index is 0.175. The Labute approximate surface area is 124 Å². The van der Waals surface area contributed by atoms with Gasteiger partial charge in [-0.3, -0.25) is 9.88 Å². The van der Waals surface area contributed by atoms with Crippen molar-refractivity contribution in [1.82, 2.24) is 15.2 Å². The second-order valence-electron chi connectivity index (χ2n) is 7.71. The number of hydrogen-bond acceptors (Lipinski definition) is 3. The largest absolute Gasteiger partial charge is 0.311 e. The van der Waals surface area contributed by atoms with E-state index in [1.165, 1.54) is 0 Å². The lowest BCUT2D eigenvalue weighted by Gasteiger charge is -2.33. The topological polar surface area (TPSA) is 28.2 Å². The van der Waals surface area contributed by atoms with Gasteiger partial charge in [0, 0.05) is 30.9 Å². The Morgan fingerprint density at radius 3 is 2.35 bits per heavy atom. The number of hydrogen-bond donors (Lipinski definition) is 1. The molecule has 20 heavy (non-hydrogen) atoms. The normalized spacial score (nSPS) is 13.0. The average molecular weight is 277 g/mol. The first-order valence-corrected chi connectivity index (χ1v) is 7.44. The minimum absolute atomic E-state index is 0.175. The lowest BCUT2D eigenvalue weighted by molar-refractivity contribution is 0.185. The van der Waals surface area contributed by atoms with Gasteiger partial charge in [0.05, 0.1) is 5.69 Å². The second-order valence-corrected chi connectivity index (χ2v) is 7.71. The van der Waals surface area contributed by atoms with Gasteiger partial charge in [0.25, 0.3) is 0 Å². The Morgan fingerprint density at radius 1 is 1.15 bits per heavy atom. The predicted molar refractivity (Wildman–Crippen MR) is 86.8 cm³/mol. The molecule has 1 aromatic rings. The summed E-state index contributed by atoms with van der Waals surface area (Å²) in [5.41, 5.74) is 2.65. The van der Waals surface area contributed by atoms with Gasteiger partial charge in [-0.1, -0.05) is 19.9 Å². The minimum Gasteiger partial charge on any atom is -0.311 e. The molecule has 0 aromatic carbocycles. The molecule has 3 heteroatoms. The van der Waals surface area contributed by atoms with Crippen LogP contribution in [0.1, 0.15) is 46.0 Å². The molecule has 3 nitrogen and oxygen atoms in total. The van der Waals surface area contributed by atoms with Crippen molar-refractivity contribution in [2.24, 2.45) is 5.41 Å². The number of rotatable bonds is 6. The molecule has 0 bridgehead atoms. The highest BCUT2D eigenvalue weighted by atomic mass is 15.1. The van der Waals surface area contributed by atoms with Crippen molar-refractivity contribution >= 4 is 0 Å². The van der Waals surface area contributed by atoms with Crippen molar-refractivity contribution in [2.75, 3.05) is 20.1 Å². The Hall–Kier alpha value is -0.930. The first-order valence-electron chi connectivity index (χ1n) is 7.44. The third-order valence-corrected chi connectivity index (χ3v) is 3.17. The summed E-state index contributed by atoms with van der Waals surface area (Å²) in [6.07, 6.45) is 0. The Bertz CT molecular complexity index is 418. The van der Waals surface area contributed by atoms with Gasteiger partial charge >= 0.3 is 0 Å². The van der Waals surface area contributed by atoms with Gasteiger partial charge in [-0.15, -0.1) is 0 Å². The lowest BCUT2D eigenvalue weighted by atomic mass is 9.91. The van der Waals surface area contributed by atoms with E-state index in [0.717, 1.165) is 31.0 Å². The molecule has 0 aliphatic carbocycles. The van der Waals surface area contributed by atoms with Crippen LogP contribution in [-0.4, -0.2) is 35.6 Å². The van der Waals surface area contributed by atoms with Crippen molar-refractivity contribution in [3.8, 4) is 0 Å². The van der Waals surface area contributed by atoms with E-state index >= 15 is 0 Å². The van der Waals surface area contributed by atoms with Crippen LogP contribution >= 0.6 is 0 Å². The van der Waals surface area contributed by atoms with Crippen LogP contribution < -0.4 is 5.32 Å². The molecule has 114 valence electrons. The summed E-state index contributed by atoms with van der Waals surface area (Å²) >= 11 is 0. The van der Waals surface area contributed by atoms with Gasteiger partial charge in [0.15, 0.2) is 0 Å². The van der Waals surface area contributed by atoms with E-state index in [4.69, 9.17) is 0 Å². The zero-order valence-corrected chi connectivity index (χ0v) is 14.2. The zero-order valence-electron chi connectivity index (χ0n) is 14.2. The molecule has 0 amide bonds. The van der Waals surface area contributed by atoms with Crippen molar-refractivity contribution in [3.63, 3.8) is 0 Å². The fourth-order valence-corrected chi connectivity index (χ4v) is 2.31. The SMILES string of the molecule is Cc1cccc(CN(C)CC(C)(C)CNC(C)(C)C)n1. The van der Waals surface area contributed by atoms with Crippen LogP contribution in [0.5, 0.6) is 0 Å². The smallest absolute Gasteiger partial charge is 0.0547 e. The van der Waals surface area contributed by atoms with Crippen LogP contribution in [-0.2, 0) is 6.54 Å². The zero-order chi connectivity index (χ0) is 15.4. The molecule has 0 saturated heterocycles. The molecule has 1 heterocycles. The maximum absolute atomic E-state index is 4.57. The van der Waals surface area contributed by atoms with Crippen LogP contribution in [0.3, 0.4) is 0 Å². The molecule has 0 fully saturated rings. The summed E-state index contributed by atoms with van der Waals surface area (Å²) in [6, 6.07) is 6.22. The maximum Gasteiger partial charge on any atom is 0.0547 e. The van der Waals surface area contributed by atoms with Crippen molar-refractivity contribution < 1.29 is 0 Å². The first-order chi connectivity index (χ1) is 9.07. The van der Waals surface area contributed by atoms with Crippen LogP contribution in [0.25, 0.3) is 0 Å². The first kappa shape index (κ1) is 17.1. The summed E-state index contributed by atoms with van der Waals surface area (Å²) in [5, 5.41) is 3.60. The second kappa shape index (κ2) is 6.68. The van der Waals surface area contributed by atoms with Gasteiger partial charge in [-0.25, -0.2) is 0 Å². The molecule has 0 radical (unpaired) electrons. The Balaban J connectivity index is 2.50. The van der Waals surface area contributed by atoms with Crippen molar-refractivity contribution in [3.05, 3.63) is 29.6 Å². The van der Waals surface area contributed by atoms with Gasteiger partial charge in [-0.2, -0.15) is 0 Å². The monoisotopic (exact) mass is 277 g/mol. The third kappa shape index (κ3) is 7.01. The molecule has 0 aliphatic heterocycles. The Morgan fingerprint density at radius 2 is 1.80 bits per heavy atom. The van der Waals surface area contributed by atoms with Crippen LogP contribution in [0.15, 0.2) is 18.2 Å². The highest BCUT2D eigenvalue weighted by Gasteiger charge is 2.22. The maximum atomic E-state index is 4.57. The van der Waals surface area contributed by atoms with Gasteiger partial charge < -0.3 is 5.32 Å².